The second-order valence-corrected chi connectivity index (χ2v) is 7.64. The molecule has 8 heteroatoms. The molecule has 1 aromatic rings. The zero-order valence-electron chi connectivity index (χ0n) is 10.6. The first-order valence-electron chi connectivity index (χ1n) is 5.92. The Morgan fingerprint density at radius 1 is 1.40 bits per heavy atom. The summed E-state index contributed by atoms with van der Waals surface area (Å²) in [5.41, 5.74) is -0.0679. The van der Waals surface area contributed by atoms with Gasteiger partial charge in [-0.15, -0.1) is 0 Å². The quantitative estimate of drug-likeness (QED) is 0.795. The molecule has 0 bridgehead atoms. The second kappa shape index (κ2) is 5.50. The summed E-state index contributed by atoms with van der Waals surface area (Å²) in [7, 11) is 2.47. The van der Waals surface area contributed by atoms with Crippen LogP contribution in [0.4, 0.5) is 4.39 Å². The van der Waals surface area contributed by atoms with Gasteiger partial charge in [-0.2, -0.15) is 0 Å². The average molecular weight is 340 g/mol. The van der Waals surface area contributed by atoms with Crippen molar-refractivity contribution < 1.29 is 17.6 Å². The first-order chi connectivity index (χ1) is 9.21. The standard InChI is InChI=1S/C12H12Cl2FNO3S/c1-16(7-3-2-4-7)12(17)8-5-11(20(14,18)19)10(15)6-9(8)13/h5-7H,2-4H2,1H3. The minimum absolute atomic E-state index is 0.0679. The predicted octanol–water partition coefficient (Wildman–Crippen LogP) is 3.03. The number of hydrogen-bond donors (Lipinski definition) is 0. The largest absolute Gasteiger partial charge is 0.339 e. The molecule has 0 radical (unpaired) electrons. The van der Waals surface area contributed by atoms with Crippen molar-refractivity contribution in [3.8, 4) is 0 Å². The molecule has 1 fully saturated rings. The Bertz CT molecular complexity index is 659. The van der Waals surface area contributed by atoms with Crippen molar-refractivity contribution in [2.45, 2.75) is 30.2 Å². The summed E-state index contributed by atoms with van der Waals surface area (Å²) in [6.07, 6.45) is 2.82. The van der Waals surface area contributed by atoms with Crippen molar-refractivity contribution in [2.75, 3.05) is 7.05 Å². The van der Waals surface area contributed by atoms with Gasteiger partial charge in [-0.25, -0.2) is 12.8 Å². The van der Waals surface area contributed by atoms with E-state index in [1.165, 1.54) is 4.90 Å². The lowest BCUT2D eigenvalue weighted by molar-refractivity contribution is 0.0652. The highest BCUT2D eigenvalue weighted by molar-refractivity contribution is 8.13. The number of halogens is 3. The summed E-state index contributed by atoms with van der Waals surface area (Å²) in [5, 5.41) is -0.136. The molecule has 4 nitrogen and oxygen atoms in total. The summed E-state index contributed by atoms with van der Waals surface area (Å²) < 4.78 is 36.1. The van der Waals surface area contributed by atoms with Crippen LogP contribution in [0.5, 0.6) is 0 Å². The Balaban J connectivity index is 2.43. The van der Waals surface area contributed by atoms with E-state index in [1.807, 2.05) is 0 Å². The Hall–Kier alpha value is -0.850. The molecular weight excluding hydrogens is 328 g/mol. The SMILES string of the molecule is CN(C(=O)c1cc(S(=O)(=O)Cl)c(F)cc1Cl)C1CCC1. The van der Waals surface area contributed by atoms with Gasteiger partial charge < -0.3 is 4.90 Å². The molecule has 2 rings (SSSR count). The van der Waals surface area contributed by atoms with Crippen molar-refractivity contribution in [2.24, 2.45) is 0 Å². The monoisotopic (exact) mass is 339 g/mol. The molecule has 0 spiro atoms. The Morgan fingerprint density at radius 2 is 2.00 bits per heavy atom. The summed E-state index contributed by atoms with van der Waals surface area (Å²) in [6, 6.07) is 1.79. The van der Waals surface area contributed by atoms with Crippen LogP contribution < -0.4 is 0 Å². The van der Waals surface area contributed by atoms with E-state index in [-0.39, 0.29) is 16.6 Å². The average Bonchev–Trinajstić information content (AvgIpc) is 2.23. The topological polar surface area (TPSA) is 54.5 Å². The molecule has 0 unspecified atom stereocenters. The summed E-state index contributed by atoms with van der Waals surface area (Å²) >= 11 is 5.83. The molecule has 110 valence electrons. The maximum Gasteiger partial charge on any atom is 0.264 e. The van der Waals surface area contributed by atoms with E-state index in [4.69, 9.17) is 22.3 Å². The predicted molar refractivity (Wildman–Crippen MR) is 74.2 cm³/mol. The molecule has 0 aliphatic heterocycles. The molecule has 0 aromatic heterocycles. The molecular formula is C12H12Cl2FNO3S. The number of carbonyl (C=O) groups excluding carboxylic acids is 1. The van der Waals surface area contributed by atoms with Gasteiger partial charge >= 0.3 is 0 Å². The lowest BCUT2D eigenvalue weighted by Crippen LogP contribution is -2.41. The van der Waals surface area contributed by atoms with Crippen molar-refractivity contribution in [1.82, 2.24) is 4.90 Å². The smallest absolute Gasteiger partial charge is 0.264 e. The van der Waals surface area contributed by atoms with E-state index < -0.39 is 25.7 Å². The van der Waals surface area contributed by atoms with Crippen LogP contribution in [-0.2, 0) is 9.05 Å². The van der Waals surface area contributed by atoms with Crippen LogP contribution in [0.15, 0.2) is 17.0 Å². The number of nitrogens with zero attached hydrogens (tertiary/aromatic N) is 1. The van der Waals surface area contributed by atoms with Crippen LogP contribution in [0.2, 0.25) is 5.02 Å². The van der Waals surface area contributed by atoms with Crippen molar-refractivity contribution >= 4 is 37.2 Å². The Kier molecular flexibility index (Phi) is 4.27. The first-order valence-corrected chi connectivity index (χ1v) is 8.61. The third-order valence-electron chi connectivity index (χ3n) is 3.46. The third kappa shape index (κ3) is 2.92. The molecule has 1 saturated carbocycles. The molecule has 0 saturated heterocycles. The van der Waals surface area contributed by atoms with Gasteiger partial charge in [0.2, 0.25) is 0 Å². The zero-order valence-corrected chi connectivity index (χ0v) is 12.9. The van der Waals surface area contributed by atoms with E-state index in [0.29, 0.717) is 0 Å². The van der Waals surface area contributed by atoms with Crippen LogP contribution in [-0.4, -0.2) is 32.3 Å². The highest BCUT2D eigenvalue weighted by Crippen LogP contribution is 2.30. The summed E-state index contributed by atoms with van der Waals surface area (Å²) in [6.45, 7) is 0. The van der Waals surface area contributed by atoms with E-state index in [1.54, 1.807) is 7.05 Å². The van der Waals surface area contributed by atoms with Crippen LogP contribution in [0.3, 0.4) is 0 Å². The maximum absolute atomic E-state index is 13.6. The van der Waals surface area contributed by atoms with Crippen molar-refractivity contribution in [1.29, 1.82) is 0 Å². The van der Waals surface area contributed by atoms with Gasteiger partial charge in [-0.1, -0.05) is 11.6 Å². The number of amides is 1. The van der Waals surface area contributed by atoms with E-state index in [9.17, 15) is 17.6 Å². The number of hydrogen-bond acceptors (Lipinski definition) is 3. The molecule has 1 aromatic carbocycles. The summed E-state index contributed by atoms with van der Waals surface area (Å²) in [4.78, 5) is 13.0. The number of benzene rings is 1. The molecule has 1 aliphatic rings. The van der Waals surface area contributed by atoms with Gasteiger partial charge in [0, 0.05) is 23.8 Å². The highest BCUT2D eigenvalue weighted by atomic mass is 35.7. The van der Waals surface area contributed by atoms with Crippen molar-refractivity contribution in [3.05, 3.63) is 28.5 Å². The van der Waals surface area contributed by atoms with Crippen LogP contribution in [0.25, 0.3) is 0 Å². The Labute approximate surface area is 125 Å². The van der Waals surface area contributed by atoms with Crippen molar-refractivity contribution in [3.63, 3.8) is 0 Å². The van der Waals surface area contributed by atoms with E-state index >= 15 is 0 Å². The van der Waals surface area contributed by atoms with Gasteiger partial charge in [0.1, 0.15) is 10.7 Å². The lowest BCUT2D eigenvalue weighted by Gasteiger charge is -2.35. The number of carbonyl (C=O) groups is 1. The van der Waals surface area contributed by atoms with Crippen LogP contribution in [0.1, 0.15) is 29.6 Å². The minimum atomic E-state index is -4.28. The number of rotatable bonds is 3. The molecule has 0 atom stereocenters. The summed E-state index contributed by atoms with van der Waals surface area (Å²) in [5.74, 6) is -1.52. The fourth-order valence-corrected chi connectivity index (χ4v) is 3.15. The Morgan fingerprint density at radius 3 is 2.45 bits per heavy atom. The van der Waals surface area contributed by atoms with Gasteiger partial charge in [0.25, 0.3) is 15.0 Å². The third-order valence-corrected chi connectivity index (χ3v) is 5.11. The molecule has 0 heterocycles. The fraction of sp³-hybridized carbons (Fsp3) is 0.417. The molecule has 20 heavy (non-hydrogen) atoms. The van der Waals surface area contributed by atoms with E-state index in [2.05, 4.69) is 0 Å². The minimum Gasteiger partial charge on any atom is -0.339 e. The van der Waals surface area contributed by atoms with Crippen LogP contribution in [0, 0.1) is 5.82 Å². The molecule has 1 aliphatic carbocycles. The van der Waals surface area contributed by atoms with Gasteiger partial charge in [-0.05, 0) is 31.4 Å². The lowest BCUT2D eigenvalue weighted by atomic mass is 9.91. The molecule has 0 N–H and O–H groups in total. The van der Waals surface area contributed by atoms with Gasteiger partial charge in [0.05, 0.1) is 10.6 Å². The fourth-order valence-electron chi connectivity index (χ4n) is 2.01. The second-order valence-electron chi connectivity index (χ2n) is 4.70. The van der Waals surface area contributed by atoms with E-state index in [0.717, 1.165) is 31.4 Å². The van der Waals surface area contributed by atoms with Gasteiger partial charge in [-0.3, -0.25) is 4.79 Å². The normalized spacial score (nSPS) is 15.8. The first kappa shape index (κ1) is 15.5. The zero-order chi connectivity index (χ0) is 15.1. The maximum atomic E-state index is 13.6. The van der Waals surface area contributed by atoms with Gasteiger partial charge in [0.15, 0.2) is 0 Å². The molecule has 1 amide bonds. The highest BCUT2D eigenvalue weighted by Gasteiger charge is 2.29. The van der Waals surface area contributed by atoms with Crippen LogP contribution >= 0.6 is 22.3 Å².